The van der Waals surface area contributed by atoms with Gasteiger partial charge in [0.05, 0.1) is 5.69 Å². The Kier molecular flexibility index (Phi) is 4.01. The number of nitrogens with one attached hydrogen (secondary N) is 1. The largest absolute Gasteiger partial charge is 0.451 e. The maximum Gasteiger partial charge on any atom is 0.451 e. The predicted octanol–water partition coefficient (Wildman–Crippen LogP) is 0.912. The zero-order valence-corrected chi connectivity index (χ0v) is 12.4. The number of aromatic nitrogens is 2. The van der Waals surface area contributed by atoms with Crippen LogP contribution in [0.15, 0.2) is 6.07 Å². The zero-order chi connectivity index (χ0) is 16.7. The average Bonchev–Trinajstić information content (AvgIpc) is 2.51. The summed E-state index contributed by atoms with van der Waals surface area (Å²) in [5.41, 5.74) is -1.82. The number of piperazine rings is 1. The molecule has 6 nitrogen and oxygen atoms in total. The highest BCUT2D eigenvalue weighted by atomic mass is 19.4. The Morgan fingerprint density at radius 2 is 1.91 bits per heavy atom. The first-order valence-corrected chi connectivity index (χ1v) is 7.49. The monoisotopic (exact) mass is 330 g/mol. The highest BCUT2D eigenvalue weighted by Crippen LogP contribution is 2.41. The summed E-state index contributed by atoms with van der Waals surface area (Å²) in [4.78, 5) is 20.7. The molecule has 1 amide bonds. The first-order valence-electron chi connectivity index (χ1n) is 7.49. The second kappa shape index (κ2) is 5.72. The number of aliphatic hydroxyl groups is 1. The van der Waals surface area contributed by atoms with E-state index in [9.17, 15) is 23.1 Å². The topological polar surface area (TPSA) is 78.3 Å². The van der Waals surface area contributed by atoms with Crippen LogP contribution in [-0.2, 0) is 11.8 Å². The number of halogens is 3. The molecule has 2 fully saturated rings. The minimum absolute atomic E-state index is 0.121. The predicted molar refractivity (Wildman–Crippen MR) is 73.6 cm³/mol. The lowest BCUT2D eigenvalue weighted by atomic mass is 9.77. The van der Waals surface area contributed by atoms with Crippen molar-refractivity contribution in [3.63, 3.8) is 0 Å². The van der Waals surface area contributed by atoms with E-state index in [1.165, 1.54) is 11.0 Å². The molecule has 0 radical (unpaired) electrons. The van der Waals surface area contributed by atoms with Crippen LogP contribution >= 0.6 is 0 Å². The van der Waals surface area contributed by atoms with Crippen molar-refractivity contribution < 1.29 is 23.1 Å². The van der Waals surface area contributed by atoms with Crippen molar-refractivity contribution >= 4 is 5.91 Å². The molecule has 1 saturated carbocycles. The molecular weight excluding hydrogens is 313 g/mol. The van der Waals surface area contributed by atoms with Gasteiger partial charge in [-0.3, -0.25) is 4.79 Å². The standard InChI is InChI=1S/C14H17F3N4O2/c15-14(16,17)12-19-9(11(22)21-6-4-18-5-7-21)8-10(20-12)13(23)2-1-3-13/h8,18,23H,1-7H2. The highest BCUT2D eigenvalue weighted by Gasteiger charge is 2.42. The Bertz CT molecular complexity index is 611. The van der Waals surface area contributed by atoms with Crippen LogP contribution in [0.1, 0.15) is 41.3 Å². The Morgan fingerprint density at radius 3 is 2.43 bits per heavy atom. The summed E-state index contributed by atoms with van der Waals surface area (Å²) in [6.45, 7) is 1.98. The molecule has 2 heterocycles. The van der Waals surface area contributed by atoms with Crippen molar-refractivity contribution in [2.45, 2.75) is 31.0 Å². The fourth-order valence-corrected chi connectivity index (χ4v) is 2.72. The smallest absolute Gasteiger partial charge is 0.384 e. The van der Waals surface area contributed by atoms with Gasteiger partial charge in [-0.05, 0) is 25.3 Å². The van der Waals surface area contributed by atoms with E-state index in [-0.39, 0.29) is 11.4 Å². The summed E-state index contributed by atoms with van der Waals surface area (Å²) < 4.78 is 39.1. The first-order chi connectivity index (χ1) is 10.8. The van der Waals surface area contributed by atoms with E-state index in [0.717, 1.165) is 0 Å². The Balaban J connectivity index is 1.98. The molecule has 1 aliphatic heterocycles. The summed E-state index contributed by atoms with van der Waals surface area (Å²) in [6.07, 6.45) is -3.39. The molecule has 1 aromatic heterocycles. The van der Waals surface area contributed by atoms with Crippen LogP contribution in [0.25, 0.3) is 0 Å². The van der Waals surface area contributed by atoms with Crippen LogP contribution in [-0.4, -0.2) is 52.1 Å². The summed E-state index contributed by atoms with van der Waals surface area (Å²) in [5, 5.41) is 13.4. The Hall–Kier alpha value is -1.74. The van der Waals surface area contributed by atoms with Crippen LogP contribution in [0.3, 0.4) is 0 Å². The zero-order valence-electron chi connectivity index (χ0n) is 12.4. The normalized spacial score (nSPS) is 21.0. The van der Waals surface area contributed by atoms with Crippen molar-refractivity contribution in [2.75, 3.05) is 26.2 Å². The summed E-state index contributed by atoms with van der Waals surface area (Å²) in [7, 11) is 0. The van der Waals surface area contributed by atoms with Crippen molar-refractivity contribution in [1.82, 2.24) is 20.2 Å². The fourth-order valence-electron chi connectivity index (χ4n) is 2.72. The van der Waals surface area contributed by atoms with E-state index in [4.69, 9.17) is 0 Å². The lowest BCUT2D eigenvalue weighted by Crippen LogP contribution is -2.47. The van der Waals surface area contributed by atoms with Crippen LogP contribution in [0, 0.1) is 0 Å². The molecule has 23 heavy (non-hydrogen) atoms. The molecule has 2 aliphatic rings. The van der Waals surface area contributed by atoms with Gasteiger partial charge in [0.15, 0.2) is 0 Å². The molecule has 126 valence electrons. The minimum Gasteiger partial charge on any atom is -0.384 e. The third kappa shape index (κ3) is 3.16. The summed E-state index contributed by atoms with van der Waals surface area (Å²) >= 11 is 0. The second-order valence-electron chi connectivity index (χ2n) is 5.89. The molecule has 1 aliphatic carbocycles. The molecule has 3 rings (SSSR count). The minimum atomic E-state index is -4.77. The van der Waals surface area contributed by atoms with Gasteiger partial charge in [0.1, 0.15) is 11.3 Å². The molecule has 2 N–H and O–H groups in total. The maximum absolute atomic E-state index is 13.0. The lowest BCUT2D eigenvalue weighted by molar-refractivity contribution is -0.145. The Labute approximate surface area is 130 Å². The van der Waals surface area contributed by atoms with Gasteiger partial charge < -0.3 is 15.3 Å². The quantitative estimate of drug-likeness (QED) is 0.843. The number of carbonyl (C=O) groups excluding carboxylic acids is 1. The van der Waals surface area contributed by atoms with Crippen molar-refractivity contribution in [2.24, 2.45) is 0 Å². The molecular formula is C14H17F3N4O2. The summed E-state index contributed by atoms with van der Waals surface area (Å²) in [5.74, 6) is -1.95. The fraction of sp³-hybridized carbons (Fsp3) is 0.643. The third-order valence-electron chi connectivity index (χ3n) is 4.26. The molecule has 0 spiro atoms. The molecule has 1 aromatic rings. The van der Waals surface area contributed by atoms with Gasteiger partial charge in [0.25, 0.3) is 5.91 Å². The van der Waals surface area contributed by atoms with Crippen molar-refractivity contribution in [1.29, 1.82) is 0 Å². The van der Waals surface area contributed by atoms with Crippen LogP contribution in [0.5, 0.6) is 0 Å². The number of amides is 1. The van der Waals surface area contributed by atoms with E-state index < -0.39 is 23.5 Å². The lowest BCUT2D eigenvalue weighted by Gasteiger charge is -2.36. The second-order valence-corrected chi connectivity index (χ2v) is 5.89. The van der Waals surface area contributed by atoms with Crippen molar-refractivity contribution in [3.8, 4) is 0 Å². The molecule has 0 aromatic carbocycles. The SMILES string of the molecule is O=C(c1cc(C2(O)CCC2)nc(C(F)(F)F)n1)N1CCNCC1. The third-order valence-corrected chi connectivity index (χ3v) is 4.26. The molecule has 0 bridgehead atoms. The van der Waals surface area contributed by atoms with Gasteiger partial charge in [-0.1, -0.05) is 0 Å². The van der Waals surface area contributed by atoms with Gasteiger partial charge in [-0.15, -0.1) is 0 Å². The number of hydrogen-bond acceptors (Lipinski definition) is 5. The van der Waals surface area contributed by atoms with Crippen LogP contribution in [0.2, 0.25) is 0 Å². The highest BCUT2D eigenvalue weighted by molar-refractivity contribution is 5.92. The molecule has 0 atom stereocenters. The average molecular weight is 330 g/mol. The molecule has 1 saturated heterocycles. The van der Waals surface area contributed by atoms with Gasteiger partial charge in [-0.2, -0.15) is 13.2 Å². The van der Waals surface area contributed by atoms with Crippen molar-refractivity contribution in [3.05, 3.63) is 23.3 Å². The Morgan fingerprint density at radius 1 is 1.26 bits per heavy atom. The van der Waals surface area contributed by atoms with Gasteiger partial charge >= 0.3 is 6.18 Å². The van der Waals surface area contributed by atoms with E-state index in [1.807, 2.05) is 0 Å². The van der Waals surface area contributed by atoms with Gasteiger partial charge in [0.2, 0.25) is 5.82 Å². The van der Waals surface area contributed by atoms with Gasteiger partial charge in [-0.25, -0.2) is 9.97 Å². The maximum atomic E-state index is 13.0. The van der Waals surface area contributed by atoms with Gasteiger partial charge in [0, 0.05) is 26.2 Å². The summed E-state index contributed by atoms with van der Waals surface area (Å²) in [6, 6.07) is 1.19. The number of carbonyl (C=O) groups is 1. The van der Waals surface area contributed by atoms with Crippen LogP contribution in [0.4, 0.5) is 13.2 Å². The first kappa shape index (κ1) is 16.1. The van der Waals surface area contributed by atoms with E-state index in [1.54, 1.807) is 0 Å². The number of hydrogen-bond donors (Lipinski definition) is 2. The number of rotatable bonds is 2. The van der Waals surface area contributed by atoms with E-state index in [2.05, 4.69) is 15.3 Å². The van der Waals surface area contributed by atoms with Crippen LogP contribution < -0.4 is 5.32 Å². The number of alkyl halides is 3. The molecule has 0 unspecified atom stereocenters. The van der Waals surface area contributed by atoms with E-state index in [0.29, 0.717) is 45.4 Å². The molecule has 9 heteroatoms. The van der Waals surface area contributed by atoms with E-state index >= 15 is 0 Å². The number of nitrogens with zero attached hydrogens (tertiary/aromatic N) is 3.